The average Bonchev–Trinajstić information content (AvgIpc) is 2.78. The summed E-state index contributed by atoms with van der Waals surface area (Å²) in [5.41, 5.74) is 0.797. The number of benzene rings is 1. The standard InChI is InChI=1S/C14H14Cl2O/c15-11-5-2-6-12(16)10(11)7-13(17)14-8-3-1-4-9(8)14/h2,5-6,8-9,14H,1,3-4,7H2. The molecule has 0 aromatic heterocycles. The summed E-state index contributed by atoms with van der Waals surface area (Å²) in [6.07, 6.45) is 4.16. The number of hydrogen-bond acceptors (Lipinski definition) is 1. The van der Waals surface area contributed by atoms with Crippen LogP contribution in [0.5, 0.6) is 0 Å². The van der Waals surface area contributed by atoms with E-state index in [4.69, 9.17) is 23.2 Å². The van der Waals surface area contributed by atoms with Gasteiger partial charge in [0.15, 0.2) is 0 Å². The van der Waals surface area contributed by atoms with Gasteiger partial charge in [-0.3, -0.25) is 4.79 Å². The van der Waals surface area contributed by atoms with Crippen LogP contribution >= 0.6 is 23.2 Å². The molecule has 0 N–H and O–H groups in total. The first-order valence-electron chi connectivity index (χ1n) is 6.14. The van der Waals surface area contributed by atoms with Crippen LogP contribution in [0.3, 0.4) is 0 Å². The quantitative estimate of drug-likeness (QED) is 0.805. The maximum absolute atomic E-state index is 12.2. The van der Waals surface area contributed by atoms with Crippen LogP contribution in [-0.2, 0) is 11.2 Å². The Balaban J connectivity index is 1.73. The number of Topliss-reactive ketones (excluding diaryl/α,β-unsaturated/α-hetero) is 1. The van der Waals surface area contributed by atoms with E-state index in [2.05, 4.69) is 0 Å². The van der Waals surface area contributed by atoms with Crippen LogP contribution in [0, 0.1) is 17.8 Å². The van der Waals surface area contributed by atoms with Crippen LogP contribution in [0.15, 0.2) is 18.2 Å². The summed E-state index contributed by atoms with van der Waals surface area (Å²) in [6.45, 7) is 0. The van der Waals surface area contributed by atoms with Crippen LogP contribution in [0.1, 0.15) is 24.8 Å². The predicted molar refractivity (Wildman–Crippen MR) is 69.5 cm³/mol. The summed E-state index contributed by atoms with van der Waals surface area (Å²) in [7, 11) is 0. The summed E-state index contributed by atoms with van der Waals surface area (Å²) in [6, 6.07) is 5.40. The molecule has 1 nitrogen and oxygen atoms in total. The number of fused-ring (bicyclic) bond motifs is 1. The molecular weight excluding hydrogens is 255 g/mol. The summed E-state index contributed by atoms with van der Waals surface area (Å²) >= 11 is 12.2. The van der Waals surface area contributed by atoms with Crippen LogP contribution in [0.4, 0.5) is 0 Å². The molecule has 0 amide bonds. The highest BCUT2D eigenvalue weighted by Crippen LogP contribution is 2.58. The van der Waals surface area contributed by atoms with Gasteiger partial charge in [-0.1, -0.05) is 35.7 Å². The van der Waals surface area contributed by atoms with Crippen molar-refractivity contribution in [3.8, 4) is 0 Å². The highest BCUT2D eigenvalue weighted by Gasteiger charge is 2.55. The van der Waals surface area contributed by atoms with Gasteiger partial charge in [0, 0.05) is 22.4 Å². The van der Waals surface area contributed by atoms with Crippen molar-refractivity contribution in [2.45, 2.75) is 25.7 Å². The van der Waals surface area contributed by atoms with Crippen molar-refractivity contribution in [3.05, 3.63) is 33.8 Å². The molecule has 0 radical (unpaired) electrons. The van der Waals surface area contributed by atoms with Gasteiger partial charge < -0.3 is 0 Å². The molecule has 90 valence electrons. The van der Waals surface area contributed by atoms with E-state index in [0.29, 0.717) is 40.0 Å². The van der Waals surface area contributed by atoms with E-state index < -0.39 is 0 Å². The second kappa shape index (κ2) is 4.29. The lowest BCUT2D eigenvalue weighted by Crippen LogP contribution is -2.09. The highest BCUT2D eigenvalue weighted by molar-refractivity contribution is 6.36. The lowest BCUT2D eigenvalue weighted by molar-refractivity contribution is -0.120. The fourth-order valence-electron chi connectivity index (χ4n) is 3.29. The average molecular weight is 269 g/mol. The molecule has 0 aliphatic heterocycles. The molecule has 2 aliphatic carbocycles. The third-order valence-electron chi connectivity index (χ3n) is 4.19. The molecule has 2 atom stereocenters. The minimum absolute atomic E-state index is 0.302. The minimum Gasteiger partial charge on any atom is -0.299 e. The number of carbonyl (C=O) groups is 1. The molecular formula is C14H14Cl2O. The van der Waals surface area contributed by atoms with Crippen LogP contribution in [0.2, 0.25) is 10.0 Å². The number of ketones is 1. The molecule has 0 heterocycles. The predicted octanol–water partition coefficient (Wildman–Crippen LogP) is 4.15. The van der Waals surface area contributed by atoms with E-state index in [1.54, 1.807) is 12.1 Å². The van der Waals surface area contributed by atoms with Gasteiger partial charge in [-0.2, -0.15) is 0 Å². The molecule has 0 bridgehead atoms. The first-order valence-corrected chi connectivity index (χ1v) is 6.89. The minimum atomic E-state index is 0.302. The zero-order valence-corrected chi connectivity index (χ0v) is 11.0. The SMILES string of the molecule is O=C(Cc1c(Cl)cccc1Cl)C1C2CCCC21. The van der Waals surface area contributed by atoms with Crippen molar-refractivity contribution in [2.24, 2.45) is 17.8 Å². The van der Waals surface area contributed by atoms with E-state index in [-0.39, 0.29) is 0 Å². The Labute approximate surface area is 111 Å². The monoisotopic (exact) mass is 268 g/mol. The van der Waals surface area contributed by atoms with Crippen molar-refractivity contribution >= 4 is 29.0 Å². The first kappa shape index (κ1) is 11.6. The van der Waals surface area contributed by atoms with Crippen molar-refractivity contribution in [1.82, 2.24) is 0 Å². The number of hydrogen-bond donors (Lipinski definition) is 0. The first-order chi connectivity index (χ1) is 8.18. The Morgan fingerprint density at radius 2 is 1.76 bits per heavy atom. The molecule has 2 aliphatic rings. The Hall–Kier alpha value is -0.530. The van der Waals surface area contributed by atoms with Gasteiger partial charge in [-0.05, 0) is 42.4 Å². The summed E-state index contributed by atoms with van der Waals surface area (Å²) in [5, 5.41) is 1.22. The largest absolute Gasteiger partial charge is 0.299 e. The third-order valence-corrected chi connectivity index (χ3v) is 4.90. The van der Waals surface area contributed by atoms with E-state index >= 15 is 0 Å². The van der Waals surface area contributed by atoms with E-state index in [1.807, 2.05) is 6.07 Å². The molecule has 2 saturated carbocycles. The van der Waals surface area contributed by atoms with Crippen LogP contribution in [-0.4, -0.2) is 5.78 Å². The van der Waals surface area contributed by atoms with Crippen molar-refractivity contribution in [3.63, 3.8) is 0 Å². The molecule has 2 unspecified atom stereocenters. The normalized spacial score (nSPS) is 30.1. The van der Waals surface area contributed by atoms with Gasteiger partial charge in [-0.15, -0.1) is 0 Å². The topological polar surface area (TPSA) is 17.1 Å². The third kappa shape index (κ3) is 2.00. The van der Waals surface area contributed by atoms with Gasteiger partial charge in [0.2, 0.25) is 0 Å². The van der Waals surface area contributed by atoms with E-state index in [9.17, 15) is 4.79 Å². The fourth-order valence-corrected chi connectivity index (χ4v) is 3.82. The van der Waals surface area contributed by atoms with Crippen molar-refractivity contribution in [1.29, 1.82) is 0 Å². The molecule has 3 rings (SSSR count). The lowest BCUT2D eigenvalue weighted by atomic mass is 10.0. The maximum Gasteiger partial charge on any atom is 0.141 e. The molecule has 1 aromatic carbocycles. The Morgan fingerprint density at radius 1 is 1.18 bits per heavy atom. The summed E-state index contributed by atoms with van der Waals surface area (Å²) < 4.78 is 0. The summed E-state index contributed by atoms with van der Waals surface area (Å²) in [5.74, 6) is 1.97. The number of halogens is 2. The van der Waals surface area contributed by atoms with Crippen molar-refractivity contribution in [2.75, 3.05) is 0 Å². The lowest BCUT2D eigenvalue weighted by Gasteiger charge is -2.07. The molecule has 3 heteroatoms. The second-order valence-corrected chi connectivity index (χ2v) is 5.94. The number of carbonyl (C=O) groups excluding carboxylic acids is 1. The van der Waals surface area contributed by atoms with Gasteiger partial charge >= 0.3 is 0 Å². The van der Waals surface area contributed by atoms with Crippen LogP contribution in [0.25, 0.3) is 0 Å². The zero-order valence-electron chi connectivity index (χ0n) is 9.46. The van der Waals surface area contributed by atoms with Gasteiger partial charge in [0.1, 0.15) is 5.78 Å². The Kier molecular flexibility index (Phi) is 2.92. The van der Waals surface area contributed by atoms with Gasteiger partial charge in [-0.25, -0.2) is 0 Å². The molecule has 17 heavy (non-hydrogen) atoms. The number of rotatable bonds is 3. The zero-order chi connectivity index (χ0) is 12.0. The second-order valence-electron chi connectivity index (χ2n) is 5.13. The summed E-state index contributed by atoms with van der Waals surface area (Å²) in [4.78, 5) is 12.2. The molecule has 1 aromatic rings. The fraction of sp³-hybridized carbons (Fsp3) is 0.500. The van der Waals surface area contributed by atoms with Gasteiger partial charge in [0.05, 0.1) is 0 Å². The maximum atomic E-state index is 12.2. The van der Waals surface area contributed by atoms with Gasteiger partial charge in [0.25, 0.3) is 0 Å². The van der Waals surface area contributed by atoms with E-state index in [1.165, 1.54) is 19.3 Å². The Bertz CT molecular complexity index is 439. The Morgan fingerprint density at radius 3 is 2.35 bits per heavy atom. The molecule has 0 saturated heterocycles. The smallest absolute Gasteiger partial charge is 0.141 e. The van der Waals surface area contributed by atoms with E-state index in [0.717, 1.165) is 5.56 Å². The highest BCUT2D eigenvalue weighted by atomic mass is 35.5. The van der Waals surface area contributed by atoms with Crippen molar-refractivity contribution < 1.29 is 4.79 Å². The van der Waals surface area contributed by atoms with Crippen LogP contribution < -0.4 is 0 Å². The molecule has 2 fully saturated rings. The molecule has 0 spiro atoms.